The number of thiazole rings is 1. The van der Waals surface area contributed by atoms with Crippen LogP contribution in [-0.4, -0.2) is 14.9 Å². The number of hydrogen-bond donors (Lipinski definition) is 1. The minimum atomic E-state index is -0.572. The Morgan fingerprint density at radius 2 is 2.39 bits per heavy atom. The van der Waals surface area contributed by atoms with Crippen LogP contribution in [0, 0.1) is 21.4 Å². The van der Waals surface area contributed by atoms with Crippen molar-refractivity contribution >= 4 is 22.8 Å². The molecule has 0 aliphatic heterocycles. The third-order valence-electron chi connectivity index (χ3n) is 2.11. The van der Waals surface area contributed by atoms with Gasteiger partial charge in [-0.1, -0.05) is 0 Å². The molecule has 0 unspecified atom stereocenters. The summed E-state index contributed by atoms with van der Waals surface area (Å²) in [7, 11) is 0. The molecule has 0 bridgehead atoms. The van der Waals surface area contributed by atoms with Gasteiger partial charge in [-0.25, -0.2) is 9.97 Å². The number of rotatable bonds is 4. The van der Waals surface area contributed by atoms with Crippen molar-refractivity contribution in [1.82, 2.24) is 9.97 Å². The predicted octanol–water partition coefficient (Wildman–Crippen LogP) is 1.93. The number of nitrogens with zero attached hydrogens (tertiary/aromatic N) is 4. The molecule has 8 heteroatoms. The van der Waals surface area contributed by atoms with Gasteiger partial charge >= 0.3 is 5.69 Å². The summed E-state index contributed by atoms with van der Waals surface area (Å²) in [5, 5.41) is 24.2. The summed E-state index contributed by atoms with van der Waals surface area (Å²) in [5.41, 5.74) is 2.39. The third kappa shape index (κ3) is 2.58. The van der Waals surface area contributed by atoms with Crippen molar-refractivity contribution in [2.75, 3.05) is 5.32 Å². The van der Waals surface area contributed by atoms with Gasteiger partial charge in [0.05, 0.1) is 28.2 Å². The van der Waals surface area contributed by atoms with Crippen LogP contribution in [0.3, 0.4) is 0 Å². The van der Waals surface area contributed by atoms with Gasteiger partial charge < -0.3 is 5.32 Å². The number of pyridine rings is 1. The maximum absolute atomic E-state index is 10.9. The van der Waals surface area contributed by atoms with Crippen molar-refractivity contribution in [3.8, 4) is 6.07 Å². The van der Waals surface area contributed by atoms with Crippen LogP contribution in [0.15, 0.2) is 23.2 Å². The molecule has 2 heterocycles. The van der Waals surface area contributed by atoms with Crippen molar-refractivity contribution in [2.24, 2.45) is 0 Å². The maximum Gasteiger partial charge on any atom is 0.312 e. The lowest BCUT2D eigenvalue weighted by atomic mass is 10.2. The topological polar surface area (TPSA) is 105 Å². The van der Waals surface area contributed by atoms with E-state index in [1.165, 1.54) is 23.6 Å². The molecule has 2 aromatic heterocycles. The first-order valence-corrected chi connectivity index (χ1v) is 5.80. The van der Waals surface area contributed by atoms with Gasteiger partial charge in [0, 0.05) is 17.6 Å². The van der Waals surface area contributed by atoms with Crippen molar-refractivity contribution in [3.05, 3.63) is 44.5 Å². The zero-order valence-corrected chi connectivity index (χ0v) is 9.85. The second kappa shape index (κ2) is 5.20. The van der Waals surface area contributed by atoms with Crippen molar-refractivity contribution in [3.63, 3.8) is 0 Å². The van der Waals surface area contributed by atoms with Crippen molar-refractivity contribution in [2.45, 2.75) is 6.54 Å². The van der Waals surface area contributed by atoms with Crippen LogP contribution in [-0.2, 0) is 6.54 Å². The second-order valence-electron chi connectivity index (χ2n) is 3.29. The van der Waals surface area contributed by atoms with Gasteiger partial charge in [0.25, 0.3) is 0 Å². The number of nitro groups is 1. The quantitative estimate of drug-likeness (QED) is 0.666. The number of nitrogens with one attached hydrogen (secondary N) is 1. The highest BCUT2D eigenvalue weighted by atomic mass is 32.1. The lowest BCUT2D eigenvalue weighted by molar-refractivity contribution is -0.384. The van der Waals surface area contributed by atoms with E-state index in [1.54, 1.807) is 5.51 Å². The largest absolute Gasteiger partial charge is 0.359 e. The molecule has 0 amide bonds. The first kappa shape index (κ1) is 11.9. The summed E-state index contributed by atoms with van der Waals surface area (Å²) in [5.74, 6) is 0.131. The fourth-order valence-corrected chi connectivity index (χ4v) is 1.85. The highest BCUT2D eigenvalue weighted by molar-refractivity contribution is 7.07. The van der Waals surface area contributed by atoms with E-state index in [1.807, 2.05) is 11.4 Å². The van der Waals surface area contributed by atoms with Crippen LogP contribution in [0.25, 0.3) is 0 Å². The number of anilines is 1. The average molecular weight is 261 g/mol. The minimum absolute atomic E-state index is 0.131. The van der Waals surface area contributed by atoms with Crippen LogP contribution in [0.4, 0.5) is 11.5 Å². The van der Waals surface area contributed by atoms with E-state index in [9.17, 15) is 10.1 Å². The molecular weight excluding hydrogens is 254 g/mol. The normalized spacial score (nSPS) is 9.72. The molecule has 0 fully saturated rings. The molecule has 0 aliphatic carbocycles. The van der Waals surface area contributed by atoms with E-state index in [4.69, 9.17) is 5.26 Å². The lowest BCUT2D eigenvalue weighted by Gasteiger charge is -2.04. The van der Waals surface area contributed by atoms with Crippen LogP contribution in [0.5, 0.6) is 0 Å². The summed E-state index contributed by atoms with van der Waals surface area (Å²) < 4.78 is 0. The molecule has 0 aliphatic rings. The summed E-state index contributed by atoms with van der Waals surface area (Å²) in [6.07, 6.45) is 1.29. The summed E-state index contributed by atoms with van der Waals surface area (Å²) in [6, 6.07) is 3.00. The molecule has 90 valence electrons. The minimum Gasteiger partial charge on any atom is -0.359 e. The van der Waals surface area contributed by atoms with E-state index in [2.05, 4.69) is 15.3 Å². The van der Waals surface area contributed by atoms with E-state index in [0.717, 1.165) is 5.69 Å². The molecule has 1 N–H and O–H groups in total. The molecule has 7 nitrogen and oxygen atoms in total. The highest BCUT2D eigenvalue weighted by Crippen LogP contribution is 2.22. The molecule has 0 atom stereocenters. The Bertz CT molecular complexity index is 605. The van der Waals surface area contributed by atoms with Gasteiger partial charge in [0.2, 0.25) is 5.82 Å². The number of hydrogen-bond acceptors (Lipinski definition) is 7. The van der Waals surface area contributed by atoms with Gasteiger partial charge in [-0.2, -0.15) is 5.26 Å². The molecule has 0 saturated carbocycles. The molecule has 0 saturated heterocycles. The number of nitriles is 1. The van der Waals surface area contributed by atoms with Crippen molar-refractivity contribution < 1.29 is 4.92 Å². The lowest BCUT2D eigenvalue weighted by Crippen LogP contribution is -2.05. The van der Waals surface area contributed by atoms with E-state index >= 15 is 0 Å². The summed E-state index contributed by atoms with van der Waals surface area (Å²) in [4.78, 5) is 18.2. The van der Waals surface area contributed by atoms with Gasteiger partial charge in [0.15, 0.2) is 0 Å². The molecule has 2 aromatic rings. The van der Waals surface area contributed by atoms with E-state index in [0.29, 0.717) is 6.54 Å². The fraction of sp³-hybridized carbons (Fsp3) is 0.100. The molecule has 0 aromatic carbocycles. The second-order valence-corrected chi connectivity index (χ2v) is 4.01. The predicted molar refractivity (Wildman–Crippen MR) is 65.0 cm³/mol. The fourth-order valence-electron chi connectivity index (χ4n) is 1.29. The Labute approximate surface area is 106 Å². The van der Waals surface area contributed by atoms with Gasteiger partial charge in [-0.15, -0.1) is 11.3 Å². The first-order valence-electron chi connectivity index (χ1n) is 4.86. The Kier molecular flexibility index (Phi) is 3.45. The highest BCUT2D eigenvalue weighted by Gasteiger charge is 2.16. The van der Waals surface area contributed by atoms with E-state index in [-0.39, 0.29) is 17.1 Å². The van der Waals surface area contributed by atoms with Crippen LogP contribution >= 0.6 is 11.3 Å². The molecule has 0 radical (unpaired) electrons. The Morgan fingerprint density at radius 1 is 1.56 bits per heavy atom. The zero-order chi connectivity index (χ0) is 13.0. The molecule has 0 spiro atoms. The molecule has 18 heavy (non-hydrogen) atoms. The van der Waals surface area contributed by atoms with Crippen LogP contribution in [0.2, 0.25) is 0 Å². The Morgan fingerprint density at radius 3 is 3.00 bits per heavy atom. The monoisotopic (exact) mass is 261 g/mol. The van der Waals surface area contributed by atoms with Crippen molar-refractivity contribution in [1.29, 1.82) is 5.26 Å². The molecule has 2 rings (SSSR count). The summed E-state index contributed by atoms with van der Waals surface area (Å²) >= 11 is 1.44. The Balaban J connectivity index is 2.22. The molecular formula is C10H7N5O2S. The van der Waals surface area contributed by atoms with Crippen LogP contribution in [0.1, 0.15) is 11.3 Å². The summed E-state index contributed by atoms with van der Waals surface area (Å²) in [6.45, 7) is 0.350. The maximum atomic E-state index is 10.9. The van der Waals surface area contributed by atoms with Gasteiger partial charge in [-0.05, 0) is 0 Å². The third-order valence-corrected chi connectivity index (χ3v) is 2.75. The smallest absolute Gasteiger partial charge is 0.312 e. The SMILES string of the molecule is N#Cc1cnc(NCc2cscn2)c([N+](=O)[O-])c1. The van der Waals surface area contributed by atoms with Gasteiger partial charge in [0.1, 0.15) is 6.07 Å². The number of aromatic nitrogens is 2. The Hall–Kier alpha value is -2.53. The average Bonchev–Trinajstić information content (AvgIpc) is 2.89. The van der Waals surface area contributed by atoms with Crippen LogP contribution < -0.4 is 5.32 Å². The van der Waals surface area contributed by atoms with Gasteiger partial charge in [-0.3, -0.25) is 10.1 Å². The zero-order valence-electron chi connectivity index (χ0n) is 9.03. The standard InChI is InChI=1S/C10H7N5O2S/c11-2-7-1-9(15(16)17)10(12-3-7)13-4-8-5-18-6-14-8/h1,3,5-6H,4H2,(H,12,13). The van der Waals surface area contributed by atoms with E-state index < -0.39 is 4.92 Å². The first-order chi connectivity index (χ1) is 8.70.